The van der Waals surface area contributed by atoms with Crippen molar-refractivity contribution in [3.63, 3.8) is 0 Å². The van der Waals surface area contributed by atoms with E-state index in [4.69, 9.17) is 4.74 Å². The zero-order valence-corrected chi connectivity index (χ0v) is 18.7. The lowest BCUT2D eigenvalue weighted by Gasteiger charge is -2.15. The van der Waals surface area contributed by atoms with E-state index in [1.807, 2.05) is 0 Å². The molecule has 0 aliphatic heterocycles. The average Bonchev–Trinajstić information content (AvgIpc) is 2.78. The molecule has 2 N–H and O–H groups in total. The summed E-state index contributed by atoms with van der Waals surface area (Å²) in [6, 6.07) is 24.4. The number of anilines is 2. The van der Waals surface area contributed by atoms with Gasteiger partial charge in [-0.05, 0) is 47.9 Å². The Bertz CT molecular complexity index is 1470. The molecule has 0 atom stereocenters. The summed E-state index contributed by atoms with van der Waals surface area (Å²) >= 11 is 0. The molecule has 0 unspecified atom stereocenters. The highest BCUT2D eigenvalue weighted by molar-refractivity contribution is 7.93. The molecule has 0 heterocycles. The number of benzene rings is 4. The molecular formula is C23H20N2O5S2. The Labute approximate surface area is 186 Å². The second-order valence-electron chi connectivity index (χ2n) is 6.92. The summed E-state index contributed by atoms with van der Waals surface area (Å²) in [6.45, 7) is 0. The smallest absolute Gasteiger partial charge is 0.266 e. The van der Waals surface area contributed by atoms with Crippen LogP contribution in [-0.4, -0.2) is 23.9 Å². The Kier molecular flexibility index (Phi) is 5.77. The molecule has 4 rings (SSSR count). The van der Waals surface area contributed by atoms with E-state index < -0.39 is 20.0 Å². The number of hydrogen-bond acceptors (Lipinski definition) is 5. The number of ether oxygens (including phenoxy) is 1. The fourth-order valence-corrected chi connectivity index (χ4v) is 5.83. The molecule has 0 amide bonds. The van der Waals surface area contributed by atoms with Crippen molar-refractivity contribution in [1.29, 1.82) is 0 Å². The first-order valence-electron chi connectivity index (χ1n) is 9.57. The van der Waals surface area contributed by atoms with Gasteiger partial charge in [-0.2, -0.15) is 0 Å². The third-order valence-corrected chi connectivity index (χ3v) is 7.60. The summed E-state index contributed by atoms with van der Waals surface area (Å²) in [5.74, 6) is 0.152. The maximum Gasteiger partial charge on any atom is 0.266 e. The first-order chi connectivity index (χ1) is 15.3. The molecule has 0 aliphatic rings. The van der Waals surface area contributed by atoms with E-state index in [0.29, 0.717) is 22.1 Å². The summed E-state index contributed by atoms with van der Waals surface area (Å²) in [6.07, 6.45) is 0. The zero-order chi connectivity index (χ0) is 22.8. The Morgan fingerprint density at radius 3 is 1.78 bits per heavy atom. The van der Waals surface area contributed by atoms with Gasteiger partial charge >= 0.3 is 0 Å². The highest BCUT2D eigenvalue weighted by atomic mass is 32.2. The molecule has 32 heavy (non-hydrogen) atoms. The van der Waals surface area contributed by atoms with Crippen LogP contribution in [-0.2, 0) is 20.0 Å². The van der Waals surface area contributed by atoms with Crippen molar-refractivity contribution in [1.82, 2.24) is 0 Å². The van der Waals surface area contributed by atoms with Crippen LogP contribution in [0.1, 0.15) is 0 Å². The van der Waals surface area contributed by atoms with Gasteiger partial charge in [0.1, 0.15) is 10.6 Å². The molecule has 0 aromatic heterocycles. The van der Waals surface area contributed by atoms with Crippen molar-refractivity contribution in [3.05, 3.63) is 91.0 Å². The summed E-state index contributed by atoms with van der Waals surface area (Å²) in [5.41, 5.74) is 0.829. The molecule has 164 valence electrons. The summed E-state index contributed by atoms with van der Waals surface area (Å²) in [5, 5.41) is 0.779. The second-order valence-corrected chi connectivity index (χ2v) is 10.2. The molecule has 0 radical (unpaired) electrons. The number of methoxy groups -OCH3 is 1. The topological polar surface area (TPSA) is 102 Å². The van der Waals surface area contributed by atoms with E-state index in [-0.39, 0.29) is 15.5 Å². The van der Waals surface area contributed by atoms with Gasteiger partial charge in [0.25, 0.3) is 20.0 Å². The first kappa shape index (κ1) is 21.7. The van der Waals surface area contributed by atoms with Crippen LogP contribution < -0.4 is 14.2 Å². The maximum atomic E-state index is 13.2. The normalized spacial score (nSPS) is 11.8. The molecule has 4 aromatic carbocycles. The van der Waals surface area contributed by atoms with Crippen LogP contribution in [0, 0.1) is 0 Å². The number of para-hydroxylation sites is 2. The van der Waals surface area contributed by atoms with Crippen molar-refractivity contribution in [2.75, 3.05) is 16.6 Å². The predicted molar refractivity (Wildman–Crippen MR) is 125 cm³/mol. The molecule has 0 bridgehead atoms. The second kappa shape index (κ2) is 8.52. The van der Waals surface area contributed by atoms with Crippen molar-refractivity contribution < 1.29 is 21.6 Å². The van der Waals surface area contributed by atoms with Crippen LogP contribution in [0.4, 0.5) is 11.4 Å². The summed E-state index contributed by atoms with van der Waals surface area (Å²) in [7, 11) is -6.50. The van der Waals surface area contributed by atoms with Crippen LogP contribution in [0.3, 0.4) is 0 Å². The fourth-order valence-electron chi connectivity index (χ4n) is 3.30. The lowest BCUT2D eigenvalue weighted by molar-refractivity contribution is 0.404. The van der Waals surface area contributed by atoms with E-state index in [0.717, 1.165) is 0 Å². The maximum absolute atomic E-state index is 13.2. The number of rotatable bonds is 7. The predicted octanol–water partition coefficient (Wildman–Crippen LogP) is 4.45. The summed E-state index contributed by atoms with van der Waals surface area (Å²) < 4.78 is 62.4. The molecule has 0 saturated heterocycles. The number of sulfonamides is 2. The molecule has 0 saturated carbocycles. The van der Waals surface area contributed by atoms with Gasteiger partial charge in [0.15, 0.2) is 0 Å². The Balaban J connectivity index is 1.79. The number of fused-ring (bicyclic) bond motifs is 1. The van der Waals surface area contributed by atoms with Gasteiger partial charge < -0.3 is 4.74 Å². The van der Waals surface area contributed by atoms with Crippen molar-refractivity contribution >= 4 is 42.2 Å². The Morgan fingerprint density at radius 2 is 1.22 bits per heavy atom. The van der Waals surface area contributed by atoms with Crippen LogP contribution >= 0.6 is 0 Å². The fraction of sp³-hybridized carbons (Fsp3) is 0.0435. The van der Waals surface area contributed by atoms with Crippen LogP contribution in [0.5, 0.6) is 5.75 Å². The van der Waals surface area contributed by atoms with E-state index in [1.54, 1.807) is 66.7 Å². The van der Waals surface area contributed by atoms with E-state index >= 15 is 0 Å². The van der Waals surface area contributed by atoms with E-state index in [2.05, 4.69) is 9.44 Å². The highest BCUT2D eigenvalue weighted by Gasteiger charge is 2.24. The molecule has 0 fully saturated rings. The zero-order valence-electron chi connectivity index (χ0n) is 17.0. The molecule has 0 aliphatic carbocycles. The monoisotopic (exact) mass is 468 g/mol. The first-order valence-corrected chi connectivity index (χ1v) is 12.5. The van der Waals surface area contributed by atoms with Crippen molar-refractivity contribution in [3.8, 4) is 5.75 Å². The van der Waals surface area contributed by atoms with Gasteiger partial charge in [-0.3, -0.25) is 9.44 Å². The third kappa shape index (κ3) is 4.39. The third-order valence-electron chi connectivity index (χ3n) is 4.76. The molecule has 7 nitrogen and oxygen atoms in total. The van der Waals surface area contributed by atoms with Gasteiger partial charge in [-0.1, -0.05) is 48.5 Å². The molecule has 4 aromatic rings. The van der Waals surface area contributed by atoms with Crippen LogP contribution in [0.2, 0.25) is 0 Å². The lowest BCUT2D eigenvalue weighted by atomic mass is 10.1. The largest absolute Gasteiger partial charge is 0.495 e. The lowest BCUT2D eigenvalue weighted by Crippen LogP contribution is -2.15. The standard InChI is InChI=1S/C23H20N2O5S2/c1-30-22-15-12-17-16-20(31(26,27)24-18-8-4-2-5-9-18)13-14-21(17)23(22)32(28,29)25-19-10-6-3-7-11-19/h2-16,24-25H,1H3. The molecule has 0 spiro atoms. The van der Waals surface area contributed by atoms with Gasteiger partial charge in [-0.15, -0.1) is 0 Å². The number of nitrogens with one attached hydrogen (secondary N) is 2. The minimum absolute atomic E-state index is 0.0124. The summed E-state index contributed by atoms with van der Waals surface area (Å²) in [4.78, 5) is -0.0558. The van der Waals surface area contributed by atoms with Gasteiger partial charge in [0, 0.05) is 16.8 Å². The van der Waals surface area contributed by atoms with Crippen molar-refractivity contribution in [2.45, 2.75) is 9.79 Å². The van der Waals surface area contributed by atoms with Crippen LogP contribution in [0.15, 0.2) is 101 Å². The van der Waals surface area contributed by atoms with E-state index in [1.165, 1.54) is 31.4 Å². The quantitative estimate of drug-likeness (QED) is 0.417. The van der Waals surface area contributed by atoms with Gasteiger partial charge in [0.2, 0.25) is 0 Å². The Hall–Kier alpha value is -3.56. The molecular weight excluding hydrogens is 448 g/mol. The van der Waals surface area contributed by atoms with Gasteiger partial charge in [-0.25, -0.2) is 16.8 Å². The van der Waals surface area contributed by atoms with E-state index in [9.17, 15) is 16.8 Å². The van der Waals surface area contributed by atoms with Gasteiger partial charge in [0.05, 0.1) is 12.0 Å². The minimum Gasteiger partial charge on any atom is -0.495 e. The average molecular weight is 469 g/mol. The number of hydrogen-bond donors (Lipinski definition) is 2. The van der Waals surface area contributed by atoms with Crippen molar-refractivity contribution in [2.24, 2.45) is 0 Å². The molecule has 9 heteroatoms. The SMILES string of the molecule is COc1ccc2cc(S(=O)(=O)Nc3ccccc3)ccc2c1S(=O)(=O)Nc1ccccc1. The minimum atomic E-state index is -4.02. The van der Waals surface area contributed by atoms with Crippen LogP contribution in [0.25, 0.3) is 10.8 Å². The highest BCUT2D eigenvalue weighted by Crippen LogP contribution is 2.34. The Morgan fingerprint density at radius 1 is 0.656 bits per heavy atom.